The molecule has 0 N–H and O–H groups in total. The van der Waals surface area contributed by atoms with Crippen LogP contribution >= 0.6 is 0 Å². The highest BCUT2D eigenvalue weighted by atomic mass is 16.5. The Kier molecular flexibility index (Phi) is 3.69. The molecular weight excluding hydrogens is 170 g/mol. The van der Waals surface area contributed by atoms with Gasteiger partial charge in [-0.3, -0.25) is 9.69 Å². The van der Waals surface area contributed by atoms with Crippen molar-refractivity contribution in [3.8, 4) is 0 Å². The summed E-state index contributed by atoms with van der Waals surface area (Å²) in [6.45, 7) is 3.24. The second-order valence-electron chi connectivity index (χ2n) is 3.30. The summed E-state index contributed by atoms with van der Waals surface area (Å²) in [5, 5.41) is 0. The van der Waals surface area contributed by atoms with Crippen molar-refractivity contribution in [3.63, 3.8) is 0 Å². The number of esters is 1. The van der Waals surface area contributed by atoms with E-state index in [-0.39, 0.29) is 12.0 Å². The Hall–Kier alpha value is -0.610. The van der Waals surface area contributed by atoms with Crippen LogP contribution in [0, 0.1) is 0 Å². The second kappa shape index (κ2) is 4.58. The van der Waals surface area contributed by atoms with E-state index in [4.69, 9.17) is 9.47 Å². The van der Waals surface area contributed by atoms with E-state index < -0.39 is 0 Å². The molecule has 1 aliphatic heterocycles. The van der Waals surface area contributed by atoms with Crippen LogP contribution in [0.3, 0.4) is 0 Å². The first-order valence-corrected chi connectivity index (χ1v) is 4.58. The minimum Gasteiger partial charge on any atom is -0.468 e. The van der Waals surface area contributed by atoms with Gasteiger partial charge in [-0.05, 0) is 13.5 Å². The summed E-state index contributed by atoms with van der Waals surface area (Å²) in [5.74, 6) is -0.208. The standard InChI is InChI=1S/C9H17NO3/c1-4-7-5-13-6-8(10(7)2)9(11)12-3/h7-8H,4-6H2,1-3H3. The van der Waals surface area contributed by atoms with E-state index in [1.54, 1.807) is 0 Å². The van der Waals surface area contributed by atoms with Crippen molar-refractivity contribution in [3.05, 3.63) is 0 Å². The first kappa shape index (κ1) is 10.5. The maximum Gasteiger partial charge on any atom is 0.325 e. The van der Waals surface area contributed by atoms with E-state index in [0.29, 0.717) is 19.3 Å². The quantitative estimate of drug-likeness (QED) is 0.582. The normalized spacial score (nSPS) is 30.1. The molecule has 0 aromatic heterocycles. The molecule has 0 saturated carbocycles. The third kappa shape index (κ3) is 2.19. The molecule has 0 aromatic rings. The lowest BCUT2D eigenvalue weighted by molar-refractivity contribution is -0.155. The SMILES string of the molecule is CCC1COCC(C(=O)OC)N1C. The molecule has 0 bridgehead atoms. The lowest BCUT2D eigenvalue weighted by atomic mass is 10.1. The van der Waals surface area contributed by atoms with Crippen LogP contribution in [0.4, 0.5) is 0 Å². The number of carbonyl (C=O) groups is 1. The summed E-state index contributed by atoms with van der Waals surface area (Å²) in [6.07, 6.45) is 0.990. The maximum atomic E-state index is 11.3. The Morgan fingerprint density at radius 1 is 1.62 bits per heavy atom. The largest absolute Gasteiger partial charge is 0.468 e. The van der Waals surface area contributed by atoms with E-state index in [2.05, 4.69) is 6.92 Å². The summed E-state index contributed by atoms with van der Waals surface area (Å²) in [7, 11) is 3.35. The van der Waals surface area contributed by atoms with Crippen molar-refractivity contribution in [2.75, 3.05) is 27.4 Å². The molecule has 1 fully saturated rings. The van der Waals surface area contributed by atoms with Crippen LogP contribution in [-0.2, 0) is 14.3 Å². The number of rotatable bonds is 2. The number of nitrogens with zero attached hydrogens (tertiary/aromatic N) is 1. The maximum absolute atomic E-state index is 11.3. The van der Waals surface area contributed by atoms with Gasteiger partial charge in [-0.15, -0.1) is 0 Å². The van der Waals surface area contributed by atoms with Gasteiger partial charge < -0.3 is 9.47 Å². The lowest BCUT2D eigenvalue weighted by Crippen LogP contribution is -2.53. The van der Waals surface area contributed by atoms with Crippen LogP contribution in [0.2, 0.25) is 0 Å². The highest BCUT2D eigenvalue weighted by Crippen LogP contribution is 2.14. The van der Waals surface area contributed by atoms with Gasteiger partial charge in [-0.1, -0.05) is 6.92 Å². The van der Waals surface area contributed by atoms with Gasteiger partial charge in [-0.25, -0.2) is 0 Å². The van der Waals surface area contributed by atoms with Gasteiger partial charge in [0, 0.05) is 6.04 Å². The molecule has 1 aliphatic rings. The Bertz CT molecular complexity index is 184. The topological polar surface area (TPSA) is 38.8 Å². The van der Waals surface area contributed by atoms with Crippen LogP contribution in [0.1, 0.15) is 13.3 Å². The number of hydrogen-bond donors (Lipinski definition) is 0. The first-order chi connectivity index (χ1) is 6.20. The number of morpholine rings is 1. The molecule has 0 aliphatic carbocycles. The Balaban J connectivity index is 2.59. The molecule has 4 heteroatoms. The molecule has 0 aromatic carbocycles. The minimum absolute atomic E-state index is 0.208. The second-order valence-corrected chi connectivity index (χ2v) is 3.30. The molecule has 13 heavy (non-hydrogen) atoms. The Labute approximate surface area is 78.8 Å². The van der Waals surface area contributed by atoms with Crippen molar-refractivity contribution in [1.29, 1.82) is 0 Å². The van der Waals surface area contributed by atoms with Gasteiger partial charge in [0.15, 0.2) is 0 Å². The van der Waals surface area contributed by atoms with E-state index in [1.807, 2.05) is 11.9 Å². The zero-order chi connectivity index (χ0) is 9.84. The van der Waals surface area contributed by atoms with E-state index in [9.17, 15) is 4.79 Å². The van der Waals surface area contributed by atoms with Crippen molar-refractivity contribution in [1.82, 2.24) is 4.90 Å². The van der Waals surface area contributed by atoms with Gasteiger partial charge in [0.25, 0.3) is 0 Å². The molecule has 0 amide bonds. The lowest BCUT2D eigenvalue weighted by Gasteiger charge is -2.37. The monoisotopic (exact) mass is 187 g/mol. The Morgan fingerprint density at radius 2 is 2.31 bits per heavy atom. The van der Waals surface area contributed by atoms with Crippen LogP contribution in [-0.4, -0.2) is 50.3 Å². The minimum atomic E-state index is -0.233. The third-order valence-corrected chi connectivity index (χ3v) is 2.60. The summed E-state index contributed by atoms with van der Waals surface area (Å²) < 4.78 is 10.0. The van der Waals surface area contributed by atoms with E-state index in [0.717, 1.165) is 6.42 Å². The fourth-order valence-electron chi connectivity index (χ4n) is 1.58. The molecular formula is C9H17NO3. The molecule has 1 rings (SSSR count). The molecule has 76 valence electrons. The zero-order valence-electron chi connectivity index (χ0n) is 8.45. The van der Waals surface area contributed by atoms with E-state index >= 15 is 0 Å². The van der Waals surface area contributed by atoms with Crippen molar-refractivity contribution < 1.29 is 14.3 Å². The molecule has 2 unspecified atom stereocenters. The predicted molar refractivity (Wildman–Crippen MR) is 48.5 cm³/mol. The fraction of sp³-hybridized carbons (Fsp3) is 0.889. The number of ether oxygens (including phenoxy) is 2. The Morgan fingerprint density at radius 3 is 2.85 bits per heavy atom. The van der Waals surface area contributed by atoms with Crippen molar-refractivity contribution in [2.24, 2.45) is 0 Å². The smallest absolute Gasteiger partial charge is 0.325 e. The first-order valence-electron chi connectivity index (χ1n) is 4.58. The molecule has 1 saturated heterocycles. The van der Waals surface area contributed by atoms with Crippen LogP contribution < -0.4 is 0 Å². The molecule has 1 heterocycles. The average molecular weight is 187 g/mol. The van der Waals surface area contributed by atoms with Gasteiger partial charge in [0.2, 0.25) is 0 Å². The van der Waals surface area contributed by atoms with Crippen molar-refractivity contribution in [2.45, 2.75) is 25.4 Å². The van der Waals surface area contributed by atoms with Gasteiger partial charge >= 0.3 is 5.97 Å². The number of hydrogen-bond acceptors (Lipinski definition) is 4. The summed E-state index contributed by atoms with van der Waals surface area (Å²) in [5.41, 5.74) is 0. The van der Waals surface area contributed by atoms with Gasteiger partial charge in [0.1, 0.15) is 6.04 Å². The van der Waals surface area contributed by atoms with E-state index in [1.165, 1.54) is 7.11 Å². The summed E-state index contributed by atoms with van der Waals surface area (Å²) in [6, 6.07) is 0.0987. The number of methoxy groups -OCH3 is 1. The van der Waals surface area contributed by atoms with Gasteiger partial charge in [0.05, 0.1) is 20.3 Å². The summed E-state index contributed by atoms with van der Waals surface area (Å²) in [4.78, 5) is 13.3. The number of likely N-dealkylation sites (N-methyl/N-ethyl adjacent to an activating group) is 1. The van der Waals surface area contributed by atoms with Crippen molar-refractivity contribution >= 4 is 5.97 Å². The predicted octanol–water partition coefficient (Wildman–Crippen LogP) is 0.269. The molecule has 0 spiro atoms. The number of carbonyl (C=O) groups excluding carboxylic acids is 1. The van der Waals surface area contributed by atoms with Crippen LogP contribution in [0.15, 0.2) is 0 Å². The zero-order valence-corrected chi connectivity index (χ0v) is 8.45. The molecule has 0 radical (unpaired) electrons. The highest BCUT2D eigenvalue weighted by molar-refractivity contribution is 5.75. The molecule has 2 atom stereocenters. The van der Waals surface area contributed by atoms with Crippen LogP contribution in [0.5, 0.6) is 0 Å². The van der Waals surface area contributed by atoms with Crippen LogP contribution in [0.25, 0.3) is 0 Å². The fourth-order valence-corrected chi connectivity index (χ4v) is 1.58. The molecule has 4 nitrogen and oxygen atoms in total. The average Bonchev–Trinajstić information content (AvgIpc) is 2.17. The third-order valence-electron chi connectivity index (χ3n) is 2.60. The summed E-state index contributed by atoms with van der Waals surface area (Å²) >= 11 is 0. The highest BCUT2D eigenvalue weighted by Gasteiger charge is 2.32. The van der Waals surface area contributed by atoms with Gasteiger partial charge in [-0.2, -0.15) is 0 Å².